The van der Waals surface area contributed by atoms with E-state index < -0.39 is 0 Å². The van der Waals surface area contributed by atoms with Crippen molar-refractivity contribution in [1.29, 1.82) is 0 Å². The summed E-state index contributed by atoms with van der Waals surface area (Å²) in [7, 11) is 0. The maximum atomic E-state index is 12.8. The number of rotatable bonds is 5. The van der Waals surface area contributed by atoms with E-state index >= 15 is 0 Å². The predicted octanol–water partition coefficient (Wildman–Crippen LogP) is 2.10. The Morgan fingerprint density at radius 1 is 1.17 bits per heavy atom. The molecule has 1 unspecified atom stereocenters. The molecule has 0 saturated carbocycles. The Labute approximate surface area is 170 Å². The van der Waals surface area contributed by atoms with Crippen LogP contribution in [0.3, 0.4) is 0 Å². The number of piperidine rings is 1. The van der Waals surface area contributed by atoms with Gasteiger partial charge in [-0.05, 0) is 38.0 Å². The van der Waals surface area contributed by atoms with E-state index in [0.29, 0.717) is 32.1 Å². The number of aryl methyl sites for hydroxylation is 1. The van der Waals surface area contributed by atoms with Crippen LogP contribution >= 0.6 is 0 Å². The average molecular weight is 395 g/mol. The molecule has 2 aliphatic heterocycles. The van der Waals surface area contributed by atoms with Crippen LogP contribution in [-0.4, -0.2) is 70.8 Å². The Morgan fingerprint density at radius 2 is 2.00 bits per heavy atom. The lowest BCUT2D eigenvalue weighted by molar-refractivity contribution is -0.134. The van der Waals surface area contributed by atoms with Gasteiger partial charge in [-0.2, -0.15) is 5.10 Å². The van der Waals surface area contributed by atoms with Gasteiger partial charge in [0.15, 0.2) is 0 Å². The Kier molecular flexibility index (Phi) is 5.59. The number of hydrogen-bond donors (Lipinski definition) is 0. The third-order valence-corrected chi connectivity index (χ3v) is 5.33. The van der Waals surface area contributed by atoms with Crippen molar-refractivity contribution in [2.45, 2.75) is 25.9 Å². The lowest BCUT2D eigenvalue weighted by Crippen LogP contribution is -2.48. The monoisotopic (exact) mass is 395 g/mol. The van der Waals surface area contributed by atoms with E-state index in [-0.39, 0.29) is 24.6 Å². The molecule has 0 aliphatic carbocycles. The number of ether oxygens (including phenoxy) is 1. The summed E-state index contributed by atoms with van der Waals surface area (Å²) in [5.41, 5.74) is 2.02. The Bertz CT molecular complexity index is 858. The van der Waals surface area contributed by atoms with Gasteiger partial charge in [-0.15, -0.1) is 5.10 Å². The molecule has 2 aromatic rings. The summed E-state index contributed by atoms with van der Waals surface area (Å²) < 4.78 is 5.86. The van der Waals surface area contributed by atoms with Crippen molar-refractivity contribution in [1.82, 2.24) is 20.0 Å². The fourth-order valence-corrected chi connectivity index (χ4v) is 3.74. The third-order valence-electron chi connectivity index (χ3n) is 5.33. The molecule has 4 rings (SSSR count). The van der Waals surface area contributed by atoms with Crippen molar-refractivity contribution in [2.24, 2.45) is 0 Å². The number of nitrogens with zero attached hydrogens (tertiary/aromatic N) is 5. The number of likely N-dealkylation sites (tertiary alicyclic amines) is 1. The number of benzene rings is 1. The molecule has 1 atom stereocenters. The molecule has 2 aliphatic rings. The van der Waals surface area contributed by atoms with E-state index in [9.17, 15) is 9.59 Å². The average Bonchev–Trinajstić information content (AvgIpc) is 3.10. The first-order valence-electron chi connectivity index (χ1n) is 9.95. The molecule has 3 heterocycles. The fourth-order valence-electron chi connectivity index (χ4n) is 3.74. The van der Waals surface area contributed by atoms with Gasteiger partial charge in [-0.25, -0.2) is 4.79 Å². The molecule has 1 aromatic heterocycles. The van der Waals surface area contributed by atoms with Crippen LogP contribution in [0.2, 0.25) is 0 Å². The van der Waals surface area contributed by atoms with Gasteiger partial charge in [0.2, 0.25) is 11.8 Å². The topological polar surface area (TPSA) is 78.9 Å². The van der Waals surface area contributed by atoms with E-state index in [1.54, 1.807) is 33.0 Å². The van der Waals surface area contributed by atoms with Crippen molar-refractivity contribution in [3.05, 3.63) is 48.2 Å². The van der Waals surface area contributed by atoms with Gasteiger partial charge in [-0.3, -0.25) is 9.69 Å². The summed E-state index contributed by atoms with van der Waals surface area (Å²) in [4.78, 5) is 30.7. The van der Waals surface area contributed by atoms with Crippen LogP contribution in [0.4, 0.5) is 10.5 Å². The number of hydrogen-bond acceptors (Lipinski definition) is 5. The van der Waals surface area contributed by atoms with Crippen molar-refractivity contribution >= 4 is 17.6 Å². The number of carbonyl (C=O) groups excluding carboxylic acids is 2. The smallest absolute Gasteiger partial charge is 0.325 e. The summed E-state index contributed by atoms with van der Waals surface area (Å²) >= 11 is 0. The van der Waals surface area contributed by atoms with E-state index in [2.05, 4.69) is 10.2 Å². The molecule has 2 fully saturated rings. The normalized spacial score (nSPS) is 19.6. The second-order valence-electron chi connectivity index (χ2n) is 7.48. The van der Waals surface area contributed by atoms with E-state index in [0.717, 1.165) is 24.1 Å². The third kappa shape index (κ3) is 4.47. The molecule has 29 heavy (non-hydrogen) atoms. The zero-order chi connectivity index (χ0) is 20.2. The molecule has 0 bridgehead atoms. The number of aromatic nitrogens is 2. The van der Waals surface area contributed by atoms with Crippen LogP contribution in [0.5, 0.6) is 5.88 Å². The summed E-state index contributed by atoms with van der Waals surface area (Å²) in [6.07, 6.45) is 3.21. The molecule has 0 N–H and O–H groups in total. The standard InChI is InChI=1S/C21H25N5O3/c1-16-6-8-17(9-7-16)26-13-12-25(21(26)28)15-20(27)24-11-3-4-18(14-24)29-19-5-2-10-22-23-19/h2,5-10,18H,3-4,11-15H2,1H3. The first-order chi connectivity index (χ1) is 14.1. The molecule has 8 heteroatoms. The second kappa shape index (κ2) is 8.46. The van der Waals surface area contributed by atoms with Gasteiger partial charge in [0.05, 0.1) is 6.54 Å². The SMILES string of the molecule is Cc1ccc(N2CCN(CC(=O)N3CCCC(Oc4cccnn4)C3)C2=O)cc1. The first kappa shape index (κ1) is 19.2. The molecule has 2 saturated heterocycles. The van der Waals surface area contributed by atoms with Gasteiger partial charge < -0.3 is 14.5 Å². The number of amides is 3. The maximum absolute atomic E-state index is 12.8. The Morgan fingerprint density at radius 3 is 2.76 bits per heavy atom. The first-order valence-corrected chi connectivity index (χ1v) is 9.95. The van der Waals surface area contributed by atoms with Crippen molar-refractivity contribution in [2.75, 3.05) is 37.6 Å². The minimum absolute atomic E-state index is 0.0449. The summed E-state index contributed by atoms with van der Waals surface area (Å²) in [6.45, 7) is 4.43. The van der Waals surface area contributed by atoms with E-state index in [4.69, 9.17) is 4.74 Å². The number of urea groups is 1. The zero-order valence-corrected chi connectivity index (χ0v) is 16.5. The Hall–Kier alpha value is -3.16. The molecule has 8 nitrogen and oxygen atoms in total. The predicted molar refractivity (Wildman–Crippen MR) is 108 cm³/mol. The zero-order valence-electron chi connectivity index (χ0n) is 16.5. The lowest BCUT2D eigenvalue weighted by Gasteiger charge is -2.33. The minimum atomic E-state index is -0.119. The van der Waals surface area contributed by atoms with Gasteiger partial charge in [0, 0.05) is 37.6 Å². The maximum Gasteiger partial charge on any atom is 0.325 e. The molecule has 152 valence electrons. The summed E-state index contributed by atoms with van der Waals surface area (Å²) in [6, 6.07) is 11.3. The Balaban J connectivity index is 1.33. The number of carbonyl (C=O) groups is 2. The van der Waals surface area contributed by atoms with Gasteiger partial charge in [0.1, 0.15) is 12.6 Å². The minimum Gasteiger partial charge on any atom is -0.471 e. The van der Waals surface area contributed by atoms with E-state index in [1.165, 1.54) is 0 Å². The summed E-state index contributed by atoms with van der Waals surface area (Å²) in [5.74, 6) is 0.423. The van der Waals surface area contributed by atoms with Crippen LogP contribution in [0, 0.1) is 6.92 Å². The number of anilines is 1. The van der Waals surface area contributed by atoms with Crippen molar-refractivity contribution in [3.63, 3.8) is 0 Å². The highest BCUT2D eigenvalue weighted by Crippen LogP contribution is 2.21. The van der Waals surface area contributed by atoms with Gasteiger partial charge in [-0.1, -0.05) is 17.7 Å². The molecule has 3 amide bonds. The molecular formula is C21H25N5O3. The van der Waals surface area contributed by atoms with Crippen LogP contribution < -0.4 is 9.64 Å². The van der Waals surface area contributed by atoms with Crippen LogP contribution in [-0.2, 0) is 4.79 Å². The highest BCUT2D eigenvalue weighted by atomic mass is 16.5. The quantitative estimate of drug-likeness (QED) is 0.775. The molecular weight excluding hydrogens is 370 g/mol. The second-order valence-corrected chi connectivity index (χ2v) is 7.48. The fraction of sp³-hybridized carbons (Fsp3) is 0.429. The highest BCUT2D eigenvalue weighted by Gasteiger charge is 2.33. The molecule has 1 aromatic carbocycles. The molecule has 0 radical (unpaired) electrons. The lowest BCUT2D eigenvalue weighted by atomic mass is 10.1. The van der Waals surface area contributed by atoms with E-state index in [1.807, 2.05) is 31.2 Å². The van der Waals surface area contributed by atoms with Gasteiger partial charge in [0.25, 0.3) is 0 Å². The molecule has 0 spiro atoms. The summed E-state index contributed by atoms with van der Waals surface area (Å²) in [5, 5.41) is 7.76. The van der Waals surface area contributed by atoms with Crippen LogP contribution in [0.15, 0.2) is 42.6 Å². The van der Waals surface area contributed by atoms with Crippen molar-refractivity contribution in [3.8, 4) is 5.88 Å². The van der Waals surface area contributed by atoms with Gasteiger partial charge >= 0.3 is 6.03 Å². The van der Waals surface area contributed by atoms with Crippen LogP contribution in [0.1, 0.15) is 18.4 Å². The largest absolute Gasteiger partial charge is 0.471 e. The van der Waals surface area contributed by atoms with Crippen molar-refractivity contribution < 1.29 is 14.3 Å². The van der Waals surface area contributed by atoms with Crippen LogP contribution in [0.25, 0.3) is 0 Å². The highest BCUT2D eigenvalue weighted by molar-refractivity contribution is 5.96.